The molecule has 0 amide bonds. The third-order valence-electron chi connectivity index (χ3n) is 4.46. The van der Waals surface area contributed by atoms with Crippen LogP contribution in [0, 0.1) is 11.8 Å². The van der Waals surface area contributed by atoms with Crippen molar-refractivity contribution in [1.29, 1.82) is 0 Å². The average Bonchev–Trinajstić information content (AvgIpc) is 2.81. The zero-order valence-corrected chi connectivity index (χ0v) is 13.7. The van der Waals surface area contributed by atoms with Gasteiger partial charge in [-0.15, -0.1) is 0 Å². The maximum atomic E-state index is 3.71. The van der Waals surface area contributed by atoms with E-state index in [-0.39, 0.29) is 11.1 Å². The van der Waals surface area contributed by atoms with E-state index in [9.17, 15) is 0 Å². The summed E-state index contributed by atoms with van der Waals surface area (Å²) in [6.45, 7) is 15.8. The highest BCUT2D eigenvalue weighted by Gasteiger charge is 2.39. The molecule has 2 N–H and O–H groups in total. The molecule has 2 heteroatoms. The summed E-state index contributed by atoms with van der Waals surface area (Å²) in [7, 11) is 0. The Hall–Kier alpha value is -0.340. The molecule has 0 spiro atoms. The largest absolute Gasteiger partial charge is 0.311 e. The molecular formula is C17H32N2. The number of fused-ring (bicyclic) bond motifs is 2. The predicted octanol–water partition coefficient (Wildman–Crippen LogP) is 3.49. The molecule has 2 rings (SSSR count). The second kappa shape index (κ2) is 5.21. The SMILES string of the molecule is CC(C)(C)NCC1=C2CCC(C2)C1CNC(C)(C)C. The van der Waals surface area contributed by atoms with Crippen LogP contribution in [0.4, 0.5) is 0 Å². The van der Waals surface area contributed by atoms with Crippen LogP contribution in [-0.4, -0.2) is 24.2 Å². The Morgan fingerprint density at radius 3 is 2.21 bits per heavy atom. The summed E-state index contributed by atoms with van der Waals surface area (Å²) >= 11 is 0. The minimum absolute atomic E-state index is 0.220. The Kier molecular flexibility index (Phi) is 4.13. The molecule has 19 heavy (non-hydrogen) atoms. The van der Waals surface area contributed by atoms with Gasteiger partial charge in [0.25, 0.3) is 0 Å². The molecule has 0 heterocycles. The Bertz CT molecular complexity index is 354. The van der Waals surface area contributed by atoms with Crippen LogP contribution in [-0.2, 0) is 0 Å². The van der Waals surface area contributed by atoms with E-state index in [1.165, 1.54) is 19.3 Å². The van der Waals surface area contributed by atoms with E-state index in [1.54, 1.807) is 11.1 Å². The van der Waals surface area contributed by atoms with Crippen molar-refractivity contribution in [2.45, 2.75) is 71.9 Å². The maximum Gasteiger partial charge on any atom is 0.0175 e. The second-order valence-electron chi connectivity index (χ2n) is 8.47. The highest BCUT2D eigenvalue weighted by atomic mass is 15.0. The van der Waals surface area contributed by atoms with Crippen LogP contribution in [0.1, 0.15) is 60.8 Å². The van der Waals surface area contributed by atoms with E-state index in [1.807, 2.05) is 0 Å². The summed E-state index contributed by atoms with van der Waals surface area (Å²) in [4.78, 5) is 0. The van der Waals surface area contributed by atoms with Crippen LogP contribution in [0.25, 0.3) is 0 Å². The molecule has 2 bridgehead atoms. The summed E-state index contributed by atoms with van der Waals surface area (Å²) in [6, 6.07) is 0. The first kappa shape index (κ1) is 15.1. The maximum absolute atomic E-state index is 3.71. The summed E-state index contributed by atoms with van der Waals surface area (Å²) < 4.78 is 0. The van der Waals surface area contributed by atoms with Crippen molar-refractivity contribution in [3.05, 3.63) is 11.1 Å². The van der Waals surface area contributed by atoms with Gasteiger partial charge in [0.1, 0.15) is 0 Å². The number of nitrogens with one attached hydrogen (secondary N) is 2. The van der Waals surface area contributed by atoms with Gasteiger partial charge in [-0.25, -0.2) is 0 Å². The molecule has 0 radical (unpaired) electrons. The van der Waals surface area contributed by atoms with Gasteiger partial charge in [-0.3, -0.25) is 0 Å². The van der Waals surface area contributed by atoms with Gasteiger partial charge >= 0.3 is 0 Å². The van der Waals surface area contributed by atoms with Crippen LogP contribution in [0.3, 0.4) is 0 Å². The number of rotatable bonds is 4. The normalized spacial score (nSPS) is 27.5. The Balaban J connectivity index is 1.98. The number of hydrogen-bond donors (Lipinski definition) is 2. The highest BCUT2D eigenvalue weighted by Crippen LogP contribution is 2.47. The van der Waals surface area contributed by atoms with Crippen LogP contribution in [0.2, 0.25) is 0 Å². The van der Waals surface area contributed by atoms with Gasteiger partial charge in [0, 0.05) is 24.2 Å². The molecule has 0 aliphatic heterocycles. The van der Waals surface area contributed by atoms with Crippen molar-refractivity contribution < 1.29 is 0 Å². The van der Waals surface area contributed by atoms with Crippen molar-refractivity contribution in [3.8, 4) is 0 Å². The van der Waals surface area contributed by atoms with Gasteiger partial charge < -0.3 is 10.6 Å². The van der Waals surface area contributed by atoms with Gasteiger partial charge in [0.15, 0.2) is 0 Å². The summed E-state index contributed by atoms with van der Waals surface area (Å²) in [5.41, 5.74) is 3.94. The first-order valence-electron chi connectivity index (χ1n) is 7.86. The van der Waals surface area contributed by atoms with E-state index in [0.717, 1.165) is 24.9 Å². The van der Waals surface area contributed by atoms with Gasteiger partial charge in [0.05, 0.1) is 0 Å². The quantitative estimate of drug-likeness (QED) is 0.760. The summed E-state index contributed by atoms with van der Waals surface area (Å²) in [5, 5.41) is 7.40. The first-order chi connectivity index (χ1) is 8.66. The Morgan fingerprint density at radius 2 is 1.63 bits per heavy atom. The predicted molar refractivity (Wildman–Crippen MR) is 83.4 cm³/mol. The first-order valence-corrected chi connectivity index (χ1v) is 7.86. The fourth-order valence-electron chi connectivity index (χ4n) is 3.38. The molecule has 2 nitrogen and oxygen atoms in total. The van der Waals surface area contributed by atoms with Gasteiger partial charge in [-0.2, -0.15) is 0 Å². The lowest BCUT2D eigenvalue weighted by atomic mass is 9.85. The van der Waals surface area contributed by atoms with Crippen molar-refractivity contribution >= 4 is 0 Å². The minimum atomic E-state index is 0.220. The summed E-state index contributed by atoms with van der Waals surface area (Å²) in [5.74, 6) is 1.69. The standard InChI is InChI=1S/C17H32N2/c1-16(2,3)18-10-14-12-7-8-13(9-12)15(14)11-19-17(4,5)6/h12,14,18-19H,7-11H2,1-6H3. The van der Waals surface area contributed by atoms with E-state index in [4.69, 9.17) is 0 Å². The lowest BCUT2D eigenvalue weighted by molar-refractivity contribution is 0.321. The Labute approximate surface area is 119 Å². The minimum Gasteiger partial charge on any atom is -0.311 e. The topological polar surface area (TPSA) is 24.1 Å². The molecule has 0 aromatic heterocycles. The molecule has 1 saturated carbocycles. The molecular weight excluding hydrogens is 232 g/mol. The monoisotopic (exact) mass is 264 g/mol. The molecule has 0 saturated heterocycles. The zero-order valence-electron chi connectivity index (χ0n) is 13.7. The smallest absolute Gasteiger partial charge is 0.0175 e. The fraction of sp³-hybridized carbons (Fsp3) is 0.882. The average molecular weight is 264 g/mol. The molecule has 2 aliphatic rings. The van der Waals surface area contributed by atoms with Gasteiger partial charge in [0.2, 0.25) is 0 Å². The van der Waals surface area contributed by atoms with Crippen LogP contribution < -0.4 is 10.6 Å². The molecule has 0 aromatic rings. The second-order valence-corrected chi connectivity index (χ2v) is 8.47. The van der Waals surface area contributed by atoms with Crippen LogP contribution in [0.15, 0.2) is 11.1 Å². The fourth-order valence-corrected chi connectivity index (χ4v) is 3.38. The highest BCUT2D eigenvalue weighted by molar-refractivity contribution is 5.31. The van der Waals surface area contributed by atoms with Gasteiger partial charge in [-0.05, 0) is 72.6 Å². The van der Waals surface area contributed by atoms with E-state index >= 15 is 0 Å². The van der Waals surface area contributed by atoms with Crippen LogP contribution in [0.5, 0.6) is 0 Å². The molecule has 1 fully saturated rings. The molecule has 2 atom stereocenters. The Morgan fingerprint density at radius 1 is 1.00 bits per heavy atom. The van der Waals surface area contributed by atoms with E-state index < -0.39 is 0 Å². The molecule has 110 valence electrons. The van der Waals surface area contributed by atoms with Crippen molar-refractivity contribution in [2.24, 2.45) is 11.8 Å². The number of hydrogen-bond acceptors (Lipinski definition) is 2. The van der Waals surface area contributed by atoms with Crippen LogP contribution >= 0.6 is 0 Å². The number of allylic oxidation sites excluding steroid dienone is 1. The molecule has 0 aromatic carbocycles. The van der Waals surface area contributed by atoms with Crippen molar-refractivity contribution in [3.63, 3.8) is 0 Å². The molecule has 2 aliphatic carbocycles. The lowest BCUT2D eigenvalue weighted by Crippen LogP contribution is -2.43. The third kappa shape index (κ3) is 4.06. The van der Waals surface area contributed by atoms with Crippen molar-refractivity contribution in [2.75, 3.05) is 13.1 Å². The molecule has 2 unspecified atom stereocenters. The van der Waals surface area contributed by atoms with Gasteiger partial charge in [-0.1, -0.05) is 11.1 Å². The third-order valence-corrected chi connectivity index (χ3v) is 4.46. The van der Waals surface area contributed by atoms with E-state index in [0.29, 0.717) is 0 Å². The van der Waals surface area contributed by atoms with E-state index in [2.05, 4.69) is 52.2 Å². The zero-order chi connectivity index (χ0) is 14.3. The lowest BCUT2D eigenvalue weighted by Gasteiger charge is -2.31. The van der Waals surface area contributed by atoms with Crippen molar-refractivity contribution in [1.82, 2.24) is 10.6 Å². The summed E-state index contributed by atoms with van der Waals surface area (Å²) in [6.07, 6.45) is 4.15.